The van der Waals surface area contributed by atoms with Crippen molar-refractivity contribution in [2.24, 2.45) is 5.73 Å². The molecular weight excluding hydrogens is 575 g/mol. The van der Waals surface area contributed by atoms with Gasteiger partial charge < -0.3 is 25.4 Å². The molecule has 0 radical (unpaired) electrons. The Labute approximate surface area is 247 Å². The molecule has 220 valence electrons. The summed E-state index contributed by atoms with van der Waals surface area (Å²) in [6.07, 6.45) is 0. The number of rotatable bonds is 11. The van der Waals surface area contributed by atoms with Gasteiger partial charge in [0, 0.05) is 17.4 Å². The summed E-state index contributed by atoms with van der Waals surface area (Å²) in [5.41, 5.74) is 7.55. The SMILES string of the molecule is COc1ccc(Nc2nc3ccccc3nc2NS(=O)(=O)c2cccc(N(CC(N)=O)c3cccc(F)c3)c2)c(OC)c1. The van der Waals surface area contributed by atoms with Gasteiger partial charge in [-0.1, -0.05) is 24.3 Å². The number of nitrogens with one attached hydrogen (secondary N) is 2. The fourth-order valence-electron chi connectivity index (χ4n) is 4.32. The molecule has 0 unspecified atom stereocenters. The number of para-hydroxylation sites is 2. The van der Waals surface area contributed by atoms with Crippen LogP contribution in [0.3, 0.4) is 0 Å². The Balaban J connectivity index is 1.54. The second kappa shape index (κ2) is 12.2. The lowest BCUT2D eigenvalue weighted by molar-refractivity contribution is -0.116. The van der Waals surface area contributed by atoms with Crippen LogP contribution in [0.5, 0.6) is 11.5 Å². The van der Waals surface area contributed by atoms with Crippen molar-refractivity contribution in [2.75, 3.05) is 35.7 Å². The molecular formula is C30H27FN6O5S. The number of sulfonamides is 1. The van der Waals surface area contributed by atoms with Gasteiger partial charge in [0.1, 0.15) is 23.9 Å². The molecule has 5 rings (SSSR count). The minimum absolute atomic E-state index is 0.0684. The number of carbonyl (C=O) groups excluding carboxylic acids is 1. The predicted octanol–water partition coefficient (Wildman–Crippen LogP) is 4.95. The molecule has 0 bridgehead atoms. The summed E-state index contributed by atoms with van der Waals surface area (Å²) in [5, 5.41) is 3.11. The third-order valence-corrected chi connectivity index (χ3v) is 7.67. The maximum absolute atomic E-state index is 14.0. The second-order valence-corrected chi connectivity index (χ2v) is 10.9. The van der Waals surface area contributed by atoms with Crippen LogP contribution in [-0.4, -0.2) is 45.1 Å². The molecule has 1 heterocycles. The summed E-state index contributed by atoms with van der Waals surface area (Å²) in [6, 6.07) is 23.5. The first-order valence-electron chi connectivity index (χ1n) is 12.9. The minimum atomic E-state index is -4.26. The highest BCUT2D eigenvalue weighted by Crippen LogP contribution is 2.34. The molecule has 0 aliphatic rings. The molecule has 4 aromatic carbocycles. The summed E-state index contributed by atoms with van der Waals surface area (Å²) in [6.45, 7) is -0.311. The number of anilines is 5. The highest BCUT2D eigenvalue weighted by molar-refractivity contribution is 7.92. The Morgan fingerprint density at radius 1 is 0.860 bits per heavy atom. The topological polar surface area (TPSA) is 149 Å². The molecule has 0 aliphatic carbocycles. The standard InChI is InChI=1S/C30H27FN6O5S/c1-41-22-13-14-26(27(17-22)42-2)35-29-30(34-25-12-4-3-11-24(25)33-29)36-43(39,40)23-10-6-9-21(16-23)37(18-28(32)38)20-8-5-7-19(31)15-20/h3-17H,18H2,1-2H3,(H2,32,38)(H,33,35)(H,34,36). The van der Waals surface area contributed by atoms with E-state index in [9.17, 15) is 17.6 Å². The molecule has 0 saturated carbocycles. The molecule has 0 saturated heterocycles. The number of benzene rings is 4. The number of hydrogen-bond donors (Lipinski definition) is 3. The Kier molecular flexibility index (Phi) is 8.25. The molecule has 0 aliphatic heterocycles. The molecule has 11 nitrogen and oxygen atoms in total. The van der Waals surface area contributed by atoms with Gasteiger partial charge in [0.2, 0.25) is 5.91 Å². The van der Waals surface area contributed by atoms with E-state index in [1.807, 2.05) is 0 Å². The van der Waals surface area contributed by atoms with Crippen LogP contribution in [0.1, 0.15) is 0 Å². The number of aromatic nitrogens is 2. The van der Waals surface area contributed by atoms with E-state index in [0.717, 1.165) is 0 Å². The van der Waals surface area contributed by atoms with E-state index >= 15 is 0 Å². The fraction of sp³-hybridized carbons (Fsp3) is 0.100. The van der Waals surface area contributed by atoms with Gasteiger partial charge in [0.25, 0.3) is 10.0 Å². The maximum atomic E-state index is 14.0. The first-order chi connectivity index (χ1) is 20.7. The van der Waals surface area contributed by atoms with Crippen molar-refractivity contribution in [1.82, 2.24) is 9.97 Å². The molecule has 1 amide bonds. The van der Waals surface area contributed by atoms with Gasteiger partial charge in [-0.05, 0) is 60.7 Å². The average Bonchev–Trinajstić information content (AvgIpc) is 3.00. The lowest BCUT2D eigenvalue weighted by Gasteiger charge is -2.24. The van der Waals surface area contributed by atoms with Crippen molar-refractivity contribution in [2.45, 2.75) is 4.90 Å². The normalized spacial score (nSPS) is 11.1. The lowest BCUT2D eigenvalue weighted by Crippen LogP contribution is -2.30. The zero-order chi connectivity index (χ0) is 30.6. The second-order valence-electron chi connectivity index (χ2n) is 9.24. The van der Waals surface area contributed by atoms with E-state index in [0.29, 0.717) is 39.6 Å². The third kappa shape index (κ3) is 6.57. The Morgan fingerprint density at radius 2 is 1.53 bits per heavy atom. The lowest BCUT2D eigenvalue weighted by atomic mass is 10.2. The van der Waals surface area contributed by atoms with E-state index in [1.165, 1.54) is 55.5 Å². The molecule has 13 heteroatoms. The first-order valence-corrected chi connectivity index (χ1v) is 14.4. The zero-order valence-electron chi connectivity index (χ0n) is 23.1. The maximum Gasteiger partial charge on any atom is 0.263 e. The van der Waals surface area contributed by atoms with E-state index in [2.05, 4.69) is 20.0 Å². The number of primary amides is 1. The molecule has 1 aromatic heterocycles. The van der Waals surface area contributed by atoms with E-state index in [-0.39, 0.29) is 23.1 Å². The van der Waals surface area contributed by atoms with Crippen molar-refractivity contribution < 1.29 is 27.1 Å². The number of methoxy groups -OCH3 is 2. The van der Waals surface area contributed by atoms with Crippen LogP contribution in [0.4, 0.5) is 33.1 Å². The number of halogens is 1. The highest BCUT2D eigenvalue weighted by atomic mass is 32.2. The highest BCUT2D eigenvalue weighted by Gasteiger charge is 2.22. The van der Waals surface area contributed by atoms with Crippen molar-refractivity contribution >= 4 is 55.7 Å². The van der Waals surface area contributed by atoms with Gasteiger partial charge in [-0.15, -0.1) is 0 Å². The number of hydrogen-bond acceptors (Lipinski definition) is 9. The number of nitrogens with two attached hydrogens (primary N) is 1. The van der Waals surface area contributed by atoms with Crippen LogP contribution in [0.25, 0.3) is 11.0 Å². The molecule has 0 spiro atoms. The molecule has 5 aromatic rings. The van der Waals surface area contributed by atoms with Gasteiger partial charge in [-0.25, -0.2) is 22.8 Å². The number of nitrogens with zero attached hydrogens (tertiary/aromatic N) is 3. The van der Waals surface area contributed by atoms with Crippen LogP contribution in [0, 0.1) is 5.82 Å². The molecule has 43 heavy (non-hydrogen) atoms. The summed E-state index contributed by atoms with van der Waals surface area (Å²) in [5.74, 6) is -0.162. The quantitative estimate of drug-likeness (QED) is 0.191. The predicted molar refractivity (Wildman–Crippen MR) is 162 cm³/mol. The smallest absolute Gasteiger partial charge is 0.263 e. The van der Waals surface area contributed by atoms with E-state index in [4.69, 9.17) is 15.2 Å². The summed E-state index contributed by atoms with van der Waals surface area (Å²) < 4.78 is 54.7. The van der Waals surface area contributed by atoms with Crippen molar-refractivity contribution in [1.29, 1.82) is 0 Å². The largest absolute Gasteiger partial charge is 0.497 e. The van der Waals surface area contributed by atoms with E-state index < -0.39 is 21.7 Å². The monoisotopic (exact) mass is 602 g/mol. The third-order valence-electron chi connectivity index (χ3n) is 6.34. The van der Waals surface area contributed by atoms with Crippen molar-refractivity contribution in [3.63, 3.8) is 0 Å². The number of amides is 1. The Morgan fingerprint density at radius 3 is 2.19 bits per heavy atom. The van der Waals surface area contributed by atoms with E-state index in [1.54, 1.807) is 54.6 Å². The fourth-order valence-corrected chi connectivity index (χ4v) is 5.37. The Bertz CT molecular complexity index is 1920. The number of ether oxygens (including phenoxy) is 2. The summed E-state index contributed by atoms with van der Waals surface area (Å²) >= 11 is 0. The van der Waals surface area contributed by atoms with Crippen LogP contribution >= 0.6 is 0 Å². The zero-order valence-corrected chi connectivity index (χ0v) is 23.9. The molecule has 0 fully saturated rings. The van der Waals surface area contributed by atoms with Crippen LogP contribution in [0.15, 0.2) is 95.9 Å². The van der Waals surface area contributed by atoms with Crippen LogP contribution in [0.2, 0.25) is 0 Å². The van der Waals surface area contributed by atoms with Gasteiger partial charge in [-0.2, -0.15) is 0 Å². The average molecular weight is 603 g/mol. The minimum Gasteiger partial charge on any atom is -0.497 e. The van der Waals surface area contributed by atoms with Gasteiger partial charge in [-0.3, -0.25) is 9.52 Å². The Hall–Kier alpha value is -5.43. The summed E-state index contributed by atoms with van der Waals surface area (Å²) in [4.78, 5) is 22.3. The summed E-state index contributed by atoms with van der Waals surface area (Å²) in [7, 11) is -1.23. The number of fused-ring (bicyclic) bond motifs is 1. The number of carbonyl (C=O) groups is 1. The van der Waals surface area contributed by atoms with Gasteiger partial charge >= 0.3 is 0 Å². The first kappa shape index (κ1) is 29.1. The molecule has 0 atom stereocenters. The van der Waals surface area contributed by atoms with Gasteiger partial charge in [0.05, 0.1) is 35.8 Å². The van der Waals surface area contributed by atoms with Crippen molar-refractivity contribution in [3.8, 4) is 11.5 Å². The van der Waals surface area contributed by atoms with Crippen molar-refractivity contribution in [3.05, 3.63) is 96.8 Å². The molecule has 4 N–H and O–H groups in total. The van der Waals surface area contributed by atoms with Crippen LogP contribution in [-0.2, 0) is 14.8 Å². The van der Waals surface area contributed by atoms with Crippen LogP contribution < -0.4 is 30.1 Å². The van der Waals surface area contributed by atoms with Gasteiger partial charge in [0.15, 0.2) is 11.6 Å².